The molecule has 0 fully saturated rings. The lowest BCUT2D eigenvalue weighted by atomic mass is 10.1. The second-order valence-electron chi connectivity index (χ2n) is 5.58. The molecular formula is C19H20N2O3S. The van der Waals surface area contributed by atoms with Crippen LogP contribution in [0.2, 0.25) is 0 Å². The first-order valence-electron chi connectivity index (χ1n) is 8.06. The summed E-state index contributed by atoms with van der Waals surface area (Å²) < 4.78 is 11.4. The lowest BCUT2D eigenvalue weighted by Gasteiger charge is -2.04. The average molecular weight is 356 g/mol. The van der Waals surface area contributed by atoms with E-state index in [0.29, 0.717) is 17.3 Å². The van der Waals surface area contributed by atoms with Gasteiger partial charge in [0.25, 0.3) is 0 Å². The lowest BCUT2D eigenvalue weighted by molar-refractivity contribution is -0.116. The topological polar surface area (TPSA) is 60.5 Å². The number of anilines is 1. The summed E-state index contributed by atoms with van der Waals surface area (Å²) in [6, 6.07) is 13.7. The van der Waals surface area contributed by atoms with Crippen molar-refractivity contribution in [1.82, 2.24) is 4.98 Å². The van der Waals surface area contributed by atoms with Crippen molar-refractivity contribution in [3.8, 4) is 11.5 Å². The molecule has 0 atom stereocenters. The second kappa shape index (κ2) is 7.98. The normalized spacial score (nSPS) is 10.6. The van der Waals surface area contributed by atoms with E-state index in [1.54, 1.807) is 14.2 Å². The fourth-order valence-corrected chi connectivity index (χ4v) is 3.47. The third-order valence-corrected chi connectivity index (χ3v) is 4.81. The van der Waals surface area contributed by atoms with E-state index in [4.69, 9.17) is 9.47 Å². The number of benzene rings is 2. The number of aryl methyl sites for hydroxylation is 1. The quantitative estimate of drug-likeness (QED) is 0.686. The molecule has 0 saturated heterocycles. The van der Waals surface area contributed by atoms with Crippen LogP contribution in [0.25, 0.3) is 10.2 Å². The summed E-state index contributed by atoms with van der Waals surface area (Å²) in [5.74, 6) is 1.54. The van der Waals surface area contributed by atoms with Crippen molar-refractivity contribution >= 4 is 32.6 Å². The Hall–Kier alpha value is -2.60. The molecule has 130 valence electrons. The van der Waals surface area contributed by atoms with Gasteiger partial charge in [-0.05, 0) is 42.7 Å². The van der Waals surface area contributed by atoms with Gasteiger partial charge in [0.2, 0.25) is 5.91 Å². The maximum Gasteiger partial charge on any atom is 0.226 e. The number of amides is 1. The minimum Gasteiger partial charge on any atom is -0.497 e. The molecule has 25 heavy (non-hydrogen) atoms. The smallest absolute Gasteiger partial charge is 0.226 e. The Kier molecular flexibility index (Phi) is 5.50. The first-order valence-corrected chi connectivity index (χ1v) is 8.87. The molecule has 0 aliphatic heterocycles. The number of nitrogens with zero attached hydrogens (tertiary/aromatic N) is 1. The van der Waals surface area contributed by atoms with Crippen LogP contribution in [0.3, 0.4) is 0 Å². The second-order valence-corrected chi connectivity index (χ2v) is 6.61. The van der Waals surface area contributed by atoms with Gasteiger partial charge < -0.3 is 14.8 Å². The highest BCUT2D eigenvalue weighted by molar-refractivity contribution is 7.22. The highest BCUT2D eigenvalue weighted by Gasteiger charge is 2.10. The highest BCUT2D eigenvalue weighted by atomic mass is 32.1. The number of carbonyl (C=O) groups excluding carboxylic acids is 1. The van der Waals surface area contributed by atoms with Gasteiger partial charge in [-0.2, -0.15) is 0 Å². The summed E-state index contributed by atoms with van der Waals surface area (Å²) in [5.41, 5.74) is 1.97. The van der Waals surface area contributed by atoms with Crippen molar-refractivity contribution in [2.24, 2.45) is 0 Å². The van der Waals surface area contributed by atoms with Crippen LogP contribution in [-0.4, -0.2) is 25.1 Å². The van der Waals surface area contributed by atoms with E-state index in [1.807, 2.05) is 42.5 Å². The maximum absolute atomic E-state index is 12.1. The number of nitrogens with one attached hydrogen (secondary N) is 1. The van der Waals surface area contributed by atoms with Crippen LogP contribution in [0.15, 0.2) is 42.5 Å². The Balaban J connectivity index is 1.53. The molecule has 1 aromatic heterocycles. The van der Waals surface area contributed by atoms with E-state index in [2.05, 4.69) is 10.3 Å². The van der Waals surface area contributed by atoms with Crippen LogP contribution in [0.1, 0.15) is 18.4 Å². The van der Waals surface area contributed by atoms with Crippen molar-refractivity contribution in [1.29, 1.82) is 0 Å². The molecule has 1 N–H and O–H groups in total. The zero-order valence-corrected chi connectivity index (χ0v) is 15.1. The molecule has 1 heterocycles. The van der Waals surface area contributed by atoms with Crippen LogP contribution < -0.4 is 14.8 Å². The fourth-order valence-electron chi connectivity index (χ4n) is 2.57. The van der Waals surface area contributed by atoms with E-state index in [9.17, 15) is 4.79 Å². The molecule has 3 rings (SSSR count). The summed E-state index contributed by atoms with van der Waals surface area (Å²) in [4.78, 5) is 16.6. The van der Waals surface area contributed by atoms with Crippen molar-refractivity contribution < 1.29 is 14.3 Å². The van der Waals surface area contributed by atoms with E-state index in [-0.39, 0.29) is 5.91 Å². The summed E-state index contributed by atoms with van der Waals surface area (Å²) in [6.45, 7) is 0. The number of ether oxygens (including phenoxy) is 2. The Morgan fingerprint density at radius 2 is 1.92 bits per heavy atom. The molecule has 6 heteroatoms. The molecule has 0 aliphatic carbocycles. The van der Waals surface area contributed by atoms with Gasteiger partial charge in [0.1, 0.15) is 17.0 Å². The minimum atomic E-state index is -0.0217. The number of para-hydroxylation sites is 1. The molecule has 0 spiro atoms. The Bertz CT molecular complexity index is 859. The van der Waals surface area contributed by atoms with Crippen LogP contribution in [0.5, 0.6) is 11.5 Å². The van der Waals surface area contributed by atoms with Crippen LogP contribution >= 0.6 is 11.3 Å². The minimum absolute atomic E-state index is 0.0217. The van der Waals surface area contributed by atoms with Crippen molar-refractivity contribution in [2.75, 3.05) is 19.5 Å². The molecule has 0 radical (unpaired) electrons. The summed E-state index contributed by atoms with van der Waals surface area (Å²) >= 11 is 1.45. The number of fused-ring (bicyclic) bond motifs is 1. The number of carbonyl (C=O) groups is 1. The zero-order chi connectivity index (χ0) is 17.6. The molecular weight excluding hydrogens is 336 g/mol. The van der Waals surface area contributed by atoms with Crippen molar-refractivity contribution in [3.63, 3.8) is 0 Å². The van der Waals surface area contributed by atoms with Gasteiger partial charge in [-0.3, -0.25) is 4.79 Å². The molecule has 5 nitrogen and oxygen atoms in total. The SMILES string of the molecule is COc1ccc(CCCC(=O)Nc2nc3c(OC)cccc3s2)cc1. The van der Waals surface area contributed by atoms with Crippen molar-refractivity contribution in [2.45, 2.75) is 19.3 Å². The monoisotopic (exact) mass is 356 g/mol. The van der Waals surface area contributed by atoms with Gasteiger partial charge in [-0.1, -0.05) is 29.5 Å². The van der Waals surface area contributed by atoms with Gasteiger partial charge in [-0.25, -0.2) is 4.98 Å². The van der Waals surface area contributed by atoms with Crippen LogP contribution in [-0.2, 0) is 11.2 Å². The summed E-state index contributed by atoms with van der Waals surface area (Å²) in [6.07, 6.45) is 2.09. The average Bonchev–Trinajstić information content (AvgIpc) is 3.04. The maximum atomic E-state index is 12.1. The van der Waals surface area contributed by atoms with Gasteiger partial charge in [0.05, 0.1) is 18.9 Å². The van der Waals surface area contributed by atoms with Gasteiger partial charge in [-0.15, -0.1) is 0 Å². The van der Waals surface area contributed by atoms with Crippen molar-refractivity contribution in [3.05, 3.63) is 48.0 Å². The Labute approximate surface area is 150 Å². The zero-order valence-electron chi connectivity index (χ0n) is 14.2. The molecule has 3 aromatic rings. The number of rotatable bonds is 7. The van der Waals surface area contributed by atoms with E-state index in [1.165, 1.54) is 16.9 Å². The third kappa shape index (κ3) is 4.28. The molecule has 0 bridgehead atoms. The van der Waals surface area contributed by atoms with Crippen LogP contribution in [0.4, 0.5) is 5.13 Å². The molecule has 0 saturated carbocycles. The number of aromatic nitrogens is 1. The highest BCUT2D eigenvalue weighted by Crippen LogP contribution is 2.32. The third-order valence-electron chi connectivity index (χ3n) is 3.88. The molecule has 2 aromatic carbocycles. The molecule has 1 amide bonds. The fraction of sp³-hybridized carbons (Fsp3) is 0.263. The molecule has 0 unspecified atom stereocenters. The predicted octanol–water partition coefficient (Wildman–Crippen LogP) is 4.27. The first-order chi connectivity index (χ1) is 12.2. The summed E-state index contributed by atoms with van der Waals surface area (Å²) in [5, 5.41) is 3.49. The first kappa shape index (κ1) is 17.2. The summed E-state index contributed by atoms with van der Waals surface area (Å²) in [7, 11) is 3.27. The van der Waals surface area contributed by atoms with E-state index >= 15 is 0 Å². The predicted molar refractivity (Wildman–Crippen MR) is 101 cm³/mol. The Morgan fingerprint density at radius 3 is 2.64 bits per heavy atom. The number of hydrogen-bond acceptors (Lipinski definition) is 5. The van der Waals surface area contributed by atoms with Crippen LogP contribution in [0, 0.1) is 0 Å². The molecule has 0 aliphatic rings. The van der Waals surface area contributed by atoms with Gasteiger partial charge in [0.15, 0.2) is 5.13 Å². The number of hydrogen-bond donors (Lipinski definition) is 1. The largest absolute Gasteiger partial charge is 0.497 e. The van der Waals surface area contributed by atoms with E-state index < -0.39 is 0 Å². The van der Waals surface area contributed by atoms with Gasteiger partial charge >= 0.3 is 0 Å². The number of methoxy groups -OCH3 is 2. The number of thiazole rings is 1. The standard InChI is InChI=1S/C19H20N2O3S/c1-23-14-11-9-13(10-12-14)5-3-8-17(22)20-19-21-18-15(24-2)6-4-7-16(18)25-19/h4,6-7,9-12H,3,5,8H2,1-2H3,(H,20,21,22). The Morgan fingerprint density at radius 1 is 1.12 bits per heavy atom. The van der Waals surface area contributed by atoms with Gasteiger partial charge in [0, 0.05) is 6.42 Å². The van der Waals surface area contributed by atoms with E-state index in [0.717, 1.165) is 28.8 Å². The lowest BCUT2D eigenvalue weighted by Crippen LogP contribution is -2.11.